The first-order valence-corrected chi connectivity index (χ1v) is 9.69. The van der Waals surface area contributed by atoms with Crippen LogP contribution in [0.15, 0.2) is 36.5 Å². The first-order valence-electron chi connectivity index (χ1n) is 9.69. The normalized spacial score (nSPS) is 18.9. The zero-order valence-electron chi connectivity index (χ0n) is 16.9. The van der Waals surface area contributed by atoms with Crippen LogP contribution in [0.1, 0.15) is 17.3 Å². The summed E-state index contributed by atoms with van der Waals surface area (Å²) in [7, 11) is 3.37. The molecule has 0 saturated carbocycles. The smallest absolute Gasteiger partial charge is 0.255 e. The number of piperazine rings is 1. The molecule has 1 unspecified atom stereocenters. The molecule has 8 heteroatoms. The van der Waals surface area contributed by atoms with E-state index in [4.69, 9.17) is 4.74 Å². The molecule has 1 aromatic heterocycles. The van der Waals surface area contributed by atoms with Gasteiger partial charge in [-0.25, -0.2) is 4.98 Å². The zero-order valence-corrected chi connectivity index (χ0v) is 16.9. The number of rotatable bonds is 3. The Morgan fingerprint density at radius 2 is 2.03 bits per heavy atom. The highest BCUT2D eigenvalue weighted by Crippen LogP contribution is 2.31. The Morgan fingerprint density at radius 1 is 1.24 bits per heavy atom. The largest absolute Gasteiger partial charge is 0.495 e. The first-order chi connectivity index (χ1) is 14.0. The Bertz CT molecular complexity index is 948. The van der Waals surface area contributed by atoms with Crippen LogP contribution in [-0.4, -0.2) is 68.1 Å². The topological polar surface area (TPSA) is 78.0 Å². The summed E-state index contributed by atoms with van der Waals surface area (Å²) in [6.07, 6.45) is 1.58. The molecule has 0 spiro atoms. The van der Waals surface area contributed by atoms with Crippen molar-refractivity contribution in [1.29, 1.82) is 0 Å². The predicted molar refractivity (Wildman–Crippen MR) is 112 cm³/mol. The lowest BCUT2D eigenvalue weighted by Crippen LogP contribution is -2.54. The number of hydrogen-bond acceptors (Lipinski definition) is 6. The van der Waals surface area contributed by atoms with E-state index in [1.807, 2.05) is 36.1 Å². The van der Waals surface area contributed by atoms with E-state index in [1.165, 1.54) is 0 Å². The Kier molecular flexibility index (Phi) is 5.00. The summed E-state index contributed by atoms with van der Waals surface area (Å²) in [6, 6.07) is 9.69. The van der Waals surface area contributed by atoms with Crippen molar-refractivity contribution in [2.24, 2.45) is 0 Å². The van der Waals surface area contributed by atoms with Crippen molar-refractivity contribution in [2.75, 3.05) is 55.5 Å². The third kappa shape index (κ3) is 3.46. The number of ether oxygens (including phenoxy) is 1. The first kappa shape index (κ1) is 19.0. The molecule has 1 saturated heterocycles. The second kappa shape index (κ2) is 7.62. The number of para-hydroxylation sites is 2. The average molecular weight is 395 g/mol. The molecule has 2 amide bonds. The molecule has 2 aliphatic heterocycles. The SMILES string of the molecule is COc1ccccc1N1CCN(C(=O)c2cnc3c(c2)N(C)C(=O)CN3)C(C)C1. The summed E-state index contributed by atoms with van der Waals surface area (Å²) >= 11 is 0. The van der Waals surface area contributed by atoms with Crippen LogP contribution in [0.25, 0.3) is 0 Å². The molecule has 1 N–H and O–H groups in total. The van der Waals surface area contributed by atoms with E-state index in [0.29, 0.717) is 30.2 Å². The van der Waals surface area contributed by atoms with Crippen LogP contribution in [0.5, 0.6) is 5.75 Å². The summed E-state index contributed by atoms with van der Waals surface area (Å²) in [4.78, 5) is 35.1. The lowest BCUT2D eigenvalue weighted by Gasteiger charge is -2.41. The summed E-state index contributed by atoms with van der Waals surface area (Å²) in [5.74, 6) is 1.33. The average Bonchev–Trinajstić information content (AvgIpc) is 2.75. The van der Waals surface area contributed by atoms with Crippen LogP contribution in [-0.2, 0) is 4.79 Å². The Hall–Kier alpha value is -3.29. The van der Waals surface area contributed by atoms with Crippen LogP contribution in [0.4, 0.5) is 17.2 Å². The van der Waals surface area contributed by atoms with Gasteiger partial charge < -0.3 is 24.8 Å². The van der Waals surface area contributed by atoms with Crippen LogP contribution < -0.4 is 19.9 Å². The minimum atomic E-state index is -0.0705. The minimum Gasteiger partial charge on any atom is -0.495 e. The maximum Gasteiger partial charge on any atom is 0.255 e. The van der Waals surface area contributed by atoms with Crippen molar-refractivity contribution >= 4 is 29.0 Å². The van der Waals surface area contributed by atoms with Gasteiger partial charge in [-0.3, -0.25) is 9.59 Å². The number of nitrogens with one attached hydrogen (secondary N) is 1. The summed E-state index contributed by atoms with van der Waals surface area (Å²) in [5, 5.41) is 2.99. The van der Waals surface area contributed by atoms with Gasteiger partial charge in [0.25, 0.3) is 5.91 Å². The van der Waals surface area contributed by atoms with Crippen molar-refractivity contribution in [3.63, 3.8) is 0 Å². The van der Waals surface area contributed by atoms with Crippen molar-refractivity contribution in [1.82, 2.24) is 9.88 Å². The molecule has 152 valence electrons. The molecule has 1 atom stereocenters. The number of amides is 2. The molecule has 3 heterocycles. The van der Waals surface area contributed by atoms with Crippen LogP contribution >= 0.6 is 0 Å². The molecule has 0 radical (unpaired) electrons. The number of aromatic nitrogens is 1. The number of methoxy groups -OCH3 is 1. The van der Waals surface area contributed by atoms with Gasteiger partial charge in [0, 0.05) is 38.9 Å². The van der Waals surface area contributed by atoms with Crippen molar-refractivity contribution in [3.05, 3.63) is 42.1 Å². The molecule has 29 heavy (non-hydrogen) atoms. The van der Waals surface area contributed by atoms with Crippen LogP contribution in [0, 0.1) is 0 Å². The Labute approximate surface area is 170 Å². The predicted octanol–water partition coefficient (Wildman–Crippen LogP) is 1.83. The fraction of sp³-hybridized carbons (Fsp3) is 0.381. The zero-order chi connectivity index (χ0) is 20.5. The van der Waals surface area contributed by atoms with E-state index in [-0.39, 0.29) is 24.4 Å². The number of carbonyl (C=O) groups excluding carboxylic acids is 2. The monoisotopic (exact) mass is 395 g/mol. The number of benzene rings is 1. The van der Waals surface area contributed by atoms with Gasteiger partial charge in [0.05, 0.1) is 30.6 Å². The third-order valence-corrected chi connectivity index (χ3v) is 5.57. The summed E-state index contributed by atoms with van der Waals surface area (Å²) in [5.41, 5.74) is 2.16. The van der Waals surface area contributed by atoms with Gasteiger partial charge in [0.15, 0.2) is 0 Å². The molecule has 0 aliphatic carbocycles. The van der Waals surface area contributed by atoms with Crippen molar-refractivity contribution in [3.8, 4) is 5.75 Å². The molecule has 8 nitrogen and oxygen atoms in total. The highest BCUT2D eigenvalue weighted by atomic mass is 16.5. The molecule has 4 rings (SSSR count). The molecular weight excluding hydrogens is 370 g/mol. The fourth-order valence-electron chi connectivity index (χ4n) is 3.91. The van der Waals surface area contributed by atoms with Gasteiger partial charge in [-0.15, -0.1) is 0 Å². The minimum absolute atomic E-state index is 0.0229. The summed E-state index contributed by atoms with van der Waals surface area (Å²) < 4.78 is 5.48. The molecular formula is C21H25N5O3. The quantitative estimate of drug-likeness (QED) is 0.854. The second-order valence-electron chi connectivity index (χ2n) is 7.36. The number of carbonyl (C=O) groups is 2. The number of fused-ring (bicyclic) bond motifs is 1. The lowest BCUT2D eigenvalue weighted by molar-refractivity contribution is -0.116. The van der Waals surface area contributed by atoms with E-state index in [0.717, 1.165) is 18.0 Å². The van der Waals surface area contributed by atoms with Crippen LogP contribution in [0.3, 0.4) is 0 Å². The van der Waals surface area contributed by atoms with Gasteiger partial charge in [-0.05, 0) is 25.1 Å². The van der Waals surface area contributed by atoms with Gasteiger partial charge in [0.1, 0.15) is 11.6 Å². The molecule has 2 aliphatic rings. The van der Waals surface area contributed by atoms with E-state index < -0.39 is 0 Å². The van der Waals surface area contributed by atoms with Gasteiger partial charge >= 0.3 is 0 Å². The third-order valence-electron chi connectivity index (χ3n) is 5.57. The number of pyridine rings is 1. The van der Waals surface area contributed by atoms with E-state index >= 15 is 0 Å². The molecule has 1 aromatic carbocycles. The van der Waals surface area contributed by atoms with Gasteiger partial charge in [-0.2, -0.15) is 0 Å². The summed E-state index contributed by atoms with van der Waals surface area (Å²) in [6.45, 7) is 4.29. The van der Waals surface area contributed by atoms with Crippen molar-refractivity contribution in [2.45, 2.75) is 13.0 Å². The Morgan fingerprint density at radius 3 is 2.79 bits per heavy atom. The number of likely N-dealkylation sites (N-methyl/N-ethyl adjacent to an activating group) is 1. The molecule has 1 fully saturated rings. The maximum absolute atomic E-state index is 13.2. The second-order valence-corrected chi connectivity index (χ2v) is 7.36. The maximum atomic E-state index is 13.2. The molecule has 0 bridgehead atoms. The van der Waals surface area contributed by atoms with E-state index in [2.05, 4.69) is 15.2 Å². The molecule has 2 aromatic rings. The fourth-order valence-corrected chi connectivity index (χ4v) is 3.91. The van der Waals surface area contributed by atoms with Crippen molar-refractivity contribution < 1.29 is 14.3 Å². The van der Waals surface area contributed by atoms with E-state index in [9.17, 15) is 9.59 Å². The van der Waals surface area contributed by atoms with Gasteiger partial charge in [-0.1, -0.05) is 12.1 Å². The number of nitrogens with zero attached hydrogens (tertiary/aromatic N) is 4. The number of anilines is 3. The van der Waals surface area contributed by atoms with Crippen LogP contribution in [0.2, 0.25) is 0 Å². The van der Waals surface area contributed by atoms with Gasteiger partial charge in [0.2, 0.25) is 5.91 Å². The van der Waals surface area contributed by atoms with E-state index in [1.54, 1.807) is 31.3 Å². The lowest BCUT2D eigenvalue weighted by atomic mass is 10.1. The Balaban J connectivity index is 1.52. The highest BCUT2D eigenvalue weighted by Gasteiger charge is 2.30. The standard InChI is InChI=1S/C21H25N5O3/c1-14-13-25(16-6-4-5-7-18(16)29-3)8-9-26(14)21(28)15-10-17-20(22-11-15)23-12-19(27)24(17)2/h4-7,10-11,14H,8-9,12-13H2,1-3H3,(H,22,23). The highest BCUT2D eigenvalue weighted by molar-refractivity contribution is 6.03. The number of hydrogen-bond donors (Lipinski definition) is 1.